The molecule has 0 bridgehead atoms. The zero-order valence-electron chi connectivity index (χ0n) is 13.1. The van der Waals surface area contributed by atoms with E-state index in [1.807, 2.05) is 48.5 Å². The van der Waals surface area contributed by atoms with Crippen LogP contribution in [0.4, 0.5) is 0 Å². The highest BCUT2D eigenvalue weighted by molar-refractivity contribution is 9.10. The SMILES string of the molecule is Oc1ccc(-c2cc(-c3cccc(Cl)c3)c3cc(Br)ccc3n2)cc1. The first-order valence-electron chi connectivity index (χ1n) is 7.76. The molecule has 1 aromatic heterocycles. The molecule has 0 saturated carbocycles. The van der Waals surface area contributed by atoms with Crippen LogP contribution in [0.15, 0.2) is 77.3 Å². The van der Waals surface area contributed by atoms with E-state index in [9.17, 15) is 5.11 Å². The Balaban J connectivity index is 2.01. The predicted molar refractivity (Wildman–Crippen MR) is 107 cm³/mol. The highest BCUT2D eigenvalue weighted by Crippen LogP contribution is 2.34. The molecule has 0 saturated heterocycles. The molecule has 0 aliphatic heterocycles. The Labute approximate surface area is 158 Å². The molecule has 0 aliphatic carbocycles. The van der Waals surface area contributed by atoms with Gasteiger partial charge in [0.25, 0.3) is 0 Å². The van der Waals surface area contributed by atoms with Gasteiger partial charge in [0.15, 0.2) is 0 Å². The summed E-state index contributed by atoms with van der Waals surface area (Å²) < 4.78 is 1.00. The molecule has 3 aromatic carbocycles. The third-order valence-electron chi connectivity index (χ3n) is 4.07. The second-order valence-electron chi connectivity index (χ2n) is 5.77. The van der Waals surface area contributed by atoms with Crippen LogP contribution in [-0.2, 0) is 0 Å². The third kappa shape index (κ3) is 3.26. The number of nitrogens with zero attached hydrogens (tertiary/aromatic N) is 1. The van der Waals surface area contributed by atoms with Crippen molar-refractivity contribution in [2.24, 2.45) is 0 Å². The topological polar surface area (TPSA) is 33.1 Å². The second-order valence-corrected chi connectivity index (χ2v) is 7.13. The largest absolute Gasteiger partial charge is 0.508 e. The number of aromatic hydroxyl groups is 1. The molecule has 0 aliphatic rings. The maximum Gasteiger partial charge on any atom is 0.115 e. The maximum atomic E-state index is 9.53. The lowest BCUT2D eigenvalue weighted by Crippen LogP contribution is -1.90. The number of fused-ring (bicyclic) bond motifs is 1. The van der Waals surface area contributed by atoms with E-state index < -0.39 is 0 Å². The van der Waals surface area contributed by atoms with E-state index >= 15 is 0 Å². The Bertz CT molecular complexity index is 1080. The van der Waals surface area contributed by atoms with Gasteiger partial charge in [0.05, 0.1) is 11.2 Å². The van der Waals surface area contributed by atoms with Crippen LogP contribution in [-0.4, -0.2) is 10.1 Å². The van der Waals surface area contributed by atoms with Crippen molar-refractivity contribution >= 4 is 38.4 Å². The van der Waals surface area contributed by atoms with Crippen LogP contribution in [0.25, 0.3) is 33.3 Å². The van der Waals surface area contributed by atoms with Crippen LogP contribution in [0.2, 0.25) is 5.02 Å². The van der Waals surface area contributed by atoms with Gasteiger partial charge in [0.2, 0.25) is 0 Å². The van der Waals surface area contributed by atoms with Crippen LogP contribution in [0.1, 0.15) is 0 Å². The molecule has 4 heteroatoms. The standard InChI is InChI=1S/C21H13BrClNO/c22-15-6-9-20-19(11-15)18(14-2-1-3-16(23)10-14)12-21(24-20)13-4-7-17(25)8-5-13/h1-12,25H. The number of pyridine rings is 1. The zero-order valence-corrected chi connectivity index (χ0v) is 15.4. The van der Waals surface area contributed by atoms with Crippen molar-refractivity contribution in [2.75, 3.05) is 0 Å². The highest BCUT2D eigenvalue weighted by atomic mass is 79.9. The minimum atomic E-state index is 0.239. The van der Waals surface area contributed by atoms with Gasteiger partial charge < -0.3 is 5.11 Å². The number of hydrogen-bond donors (Lipinski definition) is 1. The Morgan fingerprint density at radius 2 is 1.64 bits per heavy atom. The van der Waals surface area contributed by atoms with E-state index in [0.717, 1.165) is 37.8 Å². The van der Waals surface area contributed by atoms with E-state index in [4.69, 9.17) is 16.6 Å². The number of aromatic nitrogens is 1. The van der Waals surface area contributed by atoms with Gasteiger partial charge in [0, 0.05) is 20.4 Å². The van der Waals surface area contributed by atoms with Crippen molar-refractivity contribution in [3.63, 3.8) is 0 Å². The van der Waals surface area contributed by atoms with Gasteiger partial charge in [-0.2, -0.15) is 0 Å². The Morgan fingerprint density at radius 3 is 2.40 bits per heavy atom. The minimum absolute atomic E-state index is 0.239. The molecule has 4 aromatic rings. The third-order valence-corrected chi connectivity index (χ3v) is 4.80. The van der Waals surface area contributed by atoms with Gasteiger partial charge in [-0.1, -0.05) is 39.7 Å². The van der Waals surface area contributed by atoms with E-state index in [2.05, 4.69) is 28.1 Å². The number of benzene rings is 3. The fraction of sp³-hybridized carbons (Fsp3) is 0. The number of phenolic OH excluding ortho intramolecular Hbond substituents is 1. The summed E-state index contributed by atoms with van der Waals surface area (Å²) in [4.78, 5) is 4.79. The van der Waals surface area contributed by atoms with Gasteiger partial charge >= 0.3 is 0 Å². The average Bonchev–Trinajstić information content (AvgIpc) is 2.61. The monoisotopic (exact) mass is 409 g/mol. The summed E-state index contributed by atoms with van der Waals surface area (Å²) in [6, 6.07) is 23.0. The molecule has 0 atom stereocenters. The van der Waals surface area contributed by atoms with Crippen molar-refractivity contribution in [3.8, 4) is 28.1 Å². The number of rotatable bonds is 2. The van der Waals surface area contributed by atoms with Crippen LogP contribution in [0, 0.1) is 0 Å². The van der Waals surface area contributed by atoms with Gasteiger partial charge in [0.1, 0.15) is 5.75 Å². The fourth-order valence-corrected chi connectivity index (χ4v) is 3.42. The molecule has 0 unspecified atom stereocenters. The molecule has 2 nitrogen and oxygen atoms in total. The Kier molecular flexibility index (Phi) is 4.20. The minimum Gasteiger partial charge on any atom is -0.508 e. The summed E-state index contributed by atoms with van der Waals surface area (Å²) in [5, 5.41) is 11.3. The molecule has 0 amide bonds. The van der Waals surface area contributed by atoms with Gasteiger partial charge in [-0.05, 0) is 71.8 Å². The summed E-state index contributed by atoms with van der Waals surface area (Å²) in [5.74, 6) is 0.239. The average molecular weight is 411 g/mol. The van der Waals surface area contributed by atoms with E-state index in [-0.39, 0.29) is 5.75 Å². The van der Waals surface area contributed by atoms with Crippen LogP contribution < -0.4 is 0 Å². The normalized spacial score (nSPS) is 11.0. The van der Waals surface area contributed by atoms with Crippen molar-refractivity contribution in [3.05, 3.63) is 82.3 Å². The maximum absolute atomic E-state index is 9.53. The quantitative estimate of drug-likeness (QED) is 0.399. The first kappa shape index (κ1) is 16.1. The first-order valence-corrected chi connectivity index (χ1v) is 8.93. The molecule has 122 valence electrons. The van der Waals surface area contributed by atoms with Crippen molar-refractivity contribution < 1.29 is 5.11 Å². The van der Waals surface area contributed by atoms with E-state index in [1.54, 1.807) is 12.1 Å². The molecule has 0 radical (unpaired) electrons. The van der Waals surface area contributed by atoms with E-state index in [1.165, 1.54) is 0 Å². The Morgan fingerprint density at radius 1 is 0.840 bits per heavy atom. The van der Waals surface area contributed by atoms with E-state index in [0.29, 0.717) is 5.02 Å². The van der Waals surface area contributed by atoms with Gasteiger partial charge in [-0.25, -0.2) is 4.98 Å². The lowest BCUT2D eigenvalue weighted by Gasteiger charge is -2.11. The number of hydrogen-bond acceptors (Lipinski definition) is 2. The van der Waals surface area contributed by atoms with Crippen molar-refractivity contribution in [1.29, 1.82) is 0 Å². The summed E-state index contributed by atoms with van der Waals surface area (Å²) in [5.41, 5.74) is 4.81. The highest BCUT2D eigenvalue weighted by Gasteiger charge is 2.10. The molecular weight excluding hydrogens is 398 g/mol. The molecule has 25 heavy (non-hydrogen) atoms. The van der Waals surface area contributed by atoms with Gasteiger partial charge in [-0.3, -0.25) is 0 Å². The lowest BCUT2D eigenvalue weighted by molar-refractivity contribution is 0.475. The summed E-state index contributed by atoms with van der Waals surface area (Å²) in [6.07, 6.45) is 0. The zero-order chi connectivity index (χ0) is 17.4. The number of phenols is 1. The molecule has 0 fully saturated rings. The van der Waals surface area contributed by atoms with Crippen LogP contribution in [0.3, 0.4) is 0 Å². The molecule has 1 N–H and O–H groups in total. The molecule has 0 spiro atoms. The van der Waals surface area contributed by atoms with Gasteiger partial charge in [-0.15, -0.1) is 0 Å². The van der Waals surface area contributed by atoms with Crippen LogP contribution >= 0.6 is 27.5 Å². The predicted octanol–water partition coefficient (Wildman–Crippen LogP) is 6.69. The summed E-state index contributed by atoms with van der Waals surface area (Å²) in [7, 11) is 0. The molecule has 1 heterocycles. The molecule has 4 rings (SSSR count). The number of halogens is 2. The first-order chi connectivity index (χ1) is 12.1. The lowest BCUT2D eigenvalue weighted by atomic mass is 9.98. The fourth-order valence-electron chi connectivity index (χ4n) is 2.87. The van der Waals surface area contributed by atoms with Crippen molar-refractivity contribution in [2.45, 2.75) is 0 Å². The molecular formula is C21H13BrClNO. The van der Waals surface area contributed by atoms with Crippen LogP contribution in [0.5, 0.6) is 5.75 Å². The smallest absolute Gasteiger partial charge is 0.115 e. The second kappa shape index (κ2) is 6.51. The summed E-state index contributed by atoms with van der Waals surface area (Å²) in [6.45, 7) is 0. The summed E-state index contributed by atoms with van der Waals surface area (Å²) >= 11 is 9.74. The van der Waals surface area contributed by atoms with Crippen molar-refractivity contribution in [1.82, 2.24) is 4.98 Å². The Hall–Kier alpha value is -2.36.